The minimum atomic E-state index is -1.98. The SMILES string of the molecule is C/C=C/C=C/[C@@H]1O[C@@](O)([C@H](CC)C(=O)NC/C=C/C=C(\C)[C@@H](OC)[C@@H](C)[C@@H]2C[C@@H](O)[C@H](/C=C/C=C\C=C/C(=O)O)O2)C[C@H](O)[C@@]1(C)O. The fraction of sp³-hybridized carbons (Fsp3) is 0.556. The van der Waals surface area contributed by atoms with Crippen LogP contribution in [0.2, 0.25) is 0 Å². The second-order valence-corrected chi connectivity index (χ2v) is 12.2. The number of carbonyl (C=O) groups is 2. The van der Waals surface area contributed by atoms with Crippen molar-refractivity contribution in [1.82, 2.24) is 5.32 Å². The van der Waals surface area contributed by atoms with Gasteiger partial charge in [-0.2, -0.15) is 0 Å². The summed E-state index contributed by atoms with van der Waals surface area (Å²) in [7, 11) is 1.61. The number of rotatable bonds is 16. The van der Waals surface area contributed by atoms with Crippen LogP contribution in [-0.2, 0) is 23.8 Å². The molecule has 11 heteroatoms. The topological polar surface area (TPSA) is 175 Å². The van der Waals surface area contributed by atoms with Crippen molar-refractivity contribution < 1.29 is 49.3 Å². The third kappa shape index (κ3) is 11.5. The van der Waals surface area contributed by atoms with E-state index in [1.54, 1.807) is 74.8 Å². The molecule has 2 heterocycles. The number of nitrogens with one attached hydrogen (secondary N) is 1. The highest BCUT2D eigenvalue weighted by Gasteiger charge is 2.55. The normalized spacial score (nSPS) is 32.8. The van der Waals surface area contributed by atoms with Crippen molar-refractivity contribution in [2.75, 3.05) is 13.7 Å². The molecule has 0 aromatic carbocycles. The summed E-state index contributed by atoms with van der Waals surface area (Å²) in [5.74, 6) is -4.52. The van der Waals surface area contributed by atoms with Crippen LogP contribution in [0.3, 0.4) is 0 Å². The number of methoxy groups -OCH3 is 1. The molecule has 1 amide bonds. The minimum absolute atomic E-state index is 0.0826. The van der Waals surface area contributed by atoms with Crippen molar-refractivity contribution in [3.8, 4) is 0 Å². The minimum Gasteiger partial charge on any atom is -0.478 e. The van der Waals surface area contributed by atoms with Gasteiger partial charge in [0.2, 0.25) is 5.91 Å². The van der Waals surface area contributed by atoms with Crippen LogP contribution in [0, 0.1) is 11.8 Å². The highest BCUT2D eigenvalue weighted by Crippen LogP contribution is 2.40. The average molecular weight is 660 g/mol. The average Bonchev–Trinajstić information content (AvgIpc) is 3.38. The standard InChI is InChI=1S/C36H53NO10/c1-7-9-12-19-31-35(5,43)30(39)23-36(44,47-31)26(8-2)34(42)37-21-16-15-17-24(3)33(45-6)25(4)29-22-27(38)28(46-29)18-13-10-11-14-20-32(40)41/h7,9-20,25-31,33,38-39,43-44H,8,21-23H2,1-6H3,(H,37,42)(H,40,41)/b9-7+,11-10-,16-15+,18-13+,19-12+,20-14-,24-17+/t25-,26+,27+,28-,29-,30-,31-,33+,35+,36+/m0/s1. The Morgan fingerprint density at radius 1 is 1.06 bits per heavy atom. The van der Waals surface area contributed by atoms with Crippen LogP contribution in [0.1, 0.15) is 53.9 Å². The van der Waals surface area contributed by atoms with Crippen molar-refractivity contribution in [3.63, 3.8) is 0 Å². The molecule has 0 unspecified atom stereocenters. The summed E-state index contributed by atoms with van der Waals surface area (Å²) in [6.07, 6.45) is 17.5. The van der Waals surface area contributed by atoms with Crippen LogP contribution in [-0.4, -0.2) is 99.1 Å². The number of carbonyl (C=O) groups excluding carboxylic acids is 1. The number of allylic oxidation sites excluding steroid dienone is 9. The zero-order valence-electron chi connectivity index (χ0n) is 28.2. The summed E-state index contributed by atoms with van der Waals surface area (Å²) < 4.78 is 17.7. The molecule has 2 rings (SSSR count). The molecule has 262 valence electrons. The molecule has 0 bridgehead atoms. The Hall–Kier alpha value is -3.16. The highest BCUT2D eigenvalue weighted by atomic mass is 16.6. The number of hydrogen-bond acceptors (Lipinski definition) is 9. The van der Waals surface area contributed by atoms with Gasteiger partial charge in [-0.15, -0.1) is 0 Å². The molecule has 6 N–H and O–H groups in total. The lowest BCUT2D eigenvalue weighted by atomic mass is 9.79. The molecule has 11 nitrogen and oxygen atoms in total. The van der Waals surface area contributed by atoms with Gasteiger partial charge in [0.15, 0.2) is 5.79 Å². The first-order valence-corrected chi connectivity index (χ1v) is 16.0. The summed E-state index contributed by atoms with van der Waals surface area (Å²) in [6.45, 7) is 9.11. The summed E-state index contributed by atoms with van der Waals surface area (Å²) in [5.41, 5.74) is -0.727. The second kappa shape index (κ2) is 19.0. The predicted molar refractivity (Wildman–Crippen MR) is 179 cm³/mol. The quantitative estimate of drug-likeness (QED) is 0.107. The van der Waals surface area contributed by atoms with E-state index >= 15 is 0 Å². The molecular formula is C36H53NO10. The molecule has 2 aliphatic rings. The van der Waals surface area contributed by atoms with Gasteiger partial charge in [0, 0.05) is 38.5 Å². The lowest BCUT2D eigenvalue weighted by Crippen LogP contribution is -2.64. The molecule has 0 aromatic rings. The van der Waals surface area contributed by atoms with Gasteiger partial charge in [-0.1, -0.05) is 86.8 Å². The molecule has 0 aliphatic carbocycles. The fourth-order valence-electron chi connectivity index (χ4n) is 5.85. The number of carboxylic acid groups (broad SMARTS) is 1. The van der Waals surface area contributed by atoms with Crippen molar-refractivity contribution in [1.29, 1.82) is 0 Å². The van der Waals surface area contributed by atoms with Gasteiger partial charge in [0.1, 0.15) is 17.8 Å². The van der Waals surface area contributed by atoms with Crippen LogP contribution in [0.15, 0.2) is 84.6 Å². The number of amides is 1. The molecule has 10 atom stereocenters. The summed E-state index contributed by atoms with van der Waals surface area (Å²) in [5, 5.41) is 54.8. The van der Waals surface area contributed by atoms with Gasteiger partial charge in [0.25, 0.3) is 0 Å². The molecule has 2 aliphatic heterocycles. The van der Waals surface area contributed by atoms with E-state index in [0.717, 1.165) is 11.6 Å². The van der Waals surface area contributed by atoms with E-state index in [2.05, 4.69) is 5.32 Å². The van der Waals surface area contributed by atoms with Crippen LogP contribution in [0.25, 0.3) is 0 Å². The Kier molecular flexibility index (Phi) is 16.2. The highest BCUT2D eigenvalue weighted by molar-refractivity contribution is 5.80. The van der Waals surface area contributed by atoms with E-state index < -0.39 is 53.6 Å². The first kappa shape index (κ1) is 40.0. The van der Waals surface area contributed by atoms with Crippen LogP contribution >= 0.6 is 0 Å². The molecule has 2 fully saturated rings. The lowest BCUT2D eigenvalue weighted by Gasteiger charge is -2.49. The zero-order valence-corrected chi connectivity index (χ0v) is 28.2. The van der Waals surface area contributed by atoms with E-state index in [-0.39, 0.29) is 37.5 Å². The molecule has 0 aromatic heterocycles. The summed E-state index contributed by atoms with van der Waals surface area (Å²) >= 11 is 0. The molecule has 47 heavy (non-hydrogen) atoms. The van der Waals surface area contributed by atoms with Crippen molar-refractivity contribution >= 4 is 11.9 Å². The van der Waals surface area contributed by atoms with E-state index in [1.165, 1.54) is 13.0 Å². The Bertz CT molecular complexity index is 1230. The zero-order chi connectivity index (χ0) is 35.2. The monoisotopic (exact) mass is 659 g/mol. The second-order valence-electron chi connectivity index (χ2n) is 12.2. The van der Waals surface area contributed by atoms with Crippen molar-refractivity contribution in [2.24, 2.45) is 11.8 Å². The van der Waals surface area contributed by atoms with Gasteiger partial charge in [-0.3, -0.25) is 4.79 Å². The van der Waals surface area contributed by atoms with Gasteiger partial charge >= 0.3 is 5.97 Å². The van der Waals surface area contributed by atoms with Crippen LogP contribution in [0.4, 0.5) is 0 Å². The van der Waals surface area contributed by atoms with Gasteiger partial charge in [-0.25, -0.2) is 4.79 Å². The smallest absolute Gasteiger partial charge is 0.328 e. The number of hydrogen-bond donors (Lipinski definition) is 6. The molecule has 2 saturated heterocycles. The molecule has 0 saturated carbocycles. The van der Waals surface area contributed by atoms with Crippen molar-refractivity contribution in [3.05, 3.63) is 84.6 Å². The number of carboxylic acids is 1. The molecule has 0 spiro atoms. The molecule has 0 radical (unpaired) electrons. The first-order chi connectivity index (χ1) is 22.2. The maximum absolute atomic E-state index is 13.1. The predicted octanol–water partition coefficient (Wildman–Crippen LogP) is 3.28. The largest absolute Gasteiger partial charge is 0.478 e. The van der Waals surface area contributed by atoms with Gasteiger partial charge < -0.3 is 45.1 Å². The maximum Gasteiger partial charge on any atom is 0.328 e. The summed E-state index contributed by atoms with van der Waals surface area (Å²) in [6, 6.07) is 0. The Balaban J connectivity index is 1.97. The van der Waals surface area contributed by atoms with E-state index in [0.29, 0.717) is 6.42 Å². The Morgan fingerprint density at radius 2 is 1.74 bits per heavy atom. The van der Waals surface area contributed by atoms with Gasteiger partial charge in [-0.05, 0) is 32.8 Å². The third-order valence-electron chi connectivity index (χ3n) is 8.64. The maximum atomic E-state index is 13.1. The first-order valence-electron chi connectivity index (χ1n) is 16.0. The van der Waals surface area contributed by atoms with Crippen molar-refractivity contribution in [2.45, 2.75) is 102 Å². The van der Waals surface area contributed by atoms with Crippen LogP contribution < -0.4 is 5.32 Å². The number of aliphatic hydroxyl groups excluding tert-OH is 2. The fourth-order valence-corrected chi connectivity index (χ4v) is 5.85. The molecular weight excluding hydrogens is 606 g/mol. The van der Waals surface area contributed by atoms with E-state index in [9.17, 15) is 30.0 Å². The number of aliphatic hydroxyl groups is 4. The van der Waals surface area contributed by atoms with Crippen LogP contribution in [0.5, 0.6) is 0 Å². The number of aliphatic carboxylic acids is 1. The van der Waals surface area contributed by atoms with E-state index in [4.69, 9.17) is 19.3 Å². The van der Waals surface area contributed by atoms with E-state index in [1.807, 2.05) is 26.8 Å². The lowest BCUT2D eigenvalue weighted by molar-refractivity contribution is -0.329. The Labute approximate surface area is 278 Å². The van der Waals surface area contributed by atoms with Gasteiger partial charge in [0.05, 0.1) is 30.3 Å². The summed E-state index contributed by atoms with van der Waals surface area (Å²) in [4.78, 5) is 23.7. The Morgan fingerprint density at radius 3 is 2.38 bits per heavy atom. The number of ether oxygens (including phenoxy) is 3. The third-order valence-corrected chi connectivity index (χ3v) is 8.64.